The van der Waals surface area contributed by atoms with Crippen LogP contribution in [-0.2, 0) is 9.47 Å². The van der Waals surface area contributed by atoms with E-state index >= 15 is 0 Å². The summed E-state index contributed by atoms with van der Waals surface area (Å²) in [5, 5.41) is 4.74. The molecule has 0 aromatic rings. The van der Waals surface area contributed by atoms with E-state index in [0.29, 0.717) is 32.5 Å². The van der Waals surface area contributed by atoms with Crippen molar-refractivity contribution in [1.82, 2.24) is 15.5 Å². The number of carbonyl (C=O) groups is 3. The maximum Gasteiger partial charge on any atom is 0.415 e. The molecule has 0 saturated carbocycles. The van der Waals surface area contributed by atoms with Crippen LogP contribution in [0.4, 0.5) is 14.4 Å². The van der Waals surface area contributed by atoms with Crippen molar-refractivity contribution in [2.75, 3.05) is 26.3 Å². The van der Waals surface area contributed by atoms with Gasteiger partial charge in [-0.3, -0.25) is 0 Å². The van der Waals surface area contributed by atoms with Gasteiger partial charge in [-0.15, -0.1) is 0 Å². The number of likely N-dealkylation sites (tertiary alicyclic amines) is 1. The molecule has 1 heterocycles. The number of imide groups is 1. The highest BCUT2D eigenvalue weighted by Crippen LogP contribution is 2.11. The van der Waals surface area contributed by atoms with Crippen molar-refractivity contribution in [2.45, 2.75) is 32.7 Å². The Labute approximate surface area is 117 Å². The Hall–Kier alpha value is -1.99. The molecule has 0 bridgehead atoms. The molecule has 0 atom stereocenters. The molecule has 8 heteroatoms. The first-order chi connectivity index (χ1) is 9.56. The number of nitrogens with one attached hydrogen (secondary N) is 2. The van der Waals surface area contributed by atoms with E-state index < -0.39 is 12.1 Å². The number of piperidine rings is 1. The second-order valence-corrected chi connectivity index (χ2v) is 4.28. The average molecular weight is 287 g/mol. The Morgan fingerprint density at radius 3 is 2.25 bits per heavy atom. The molecule has 0 aliphatic carbocycles. The second-order valence-electron chi connectivity index (χ2n) is 4.28. The maximum absolute atomic E-state index is 11.5. The van der Waals surface area contributed by atoms with Gasteiger partial charge in [0.1, 0.15) is 0 Å². The number of ether oxygens (including phenoxy) is 2. The summed E-state index contributed by atoms with van der Waals surface area (Å²) in [5.41, 5.74) is 0. The molecule has 2 N–H and O–H groups in total. The van der Waals surface area contributed by atoms with Gasteiger partial charge in [-0.25, -0.2) is 19.7 Å². The first-order valence-corrected chi connectivity index (χ1v) is 6.72. The minimum atomic E-state index is -0.769. The number of nitrogens with zero attached hydrogens (tertiary/aromatic N) is 1. The largest absolute Gasteiger partial charge is 0.450 e. The summed E-state index contributed by atoms with van der Waals surface area (Å²) in [7, 11) is 0. The molecule has 20 heavy (non-hydrogen) atoms. The molecule has 0 aromatic heterocycles. The Bertz CT molecular complexity index is 353. The summed E-state index contributed by atoms with van der Waals surface area (Å²) in [5.74, 6) is 0. The second kappa shape index (κ2) is 8.23. The van der Waals surface area contributed by atoms with Crippen LogP contribution in [0, 0.1) is 0 Å². The lowest BCUT2D eigenvalue weighted by Crippen LogP contribution is -2.50. The quantitative estimate of drug-likeness (QED) is 0.809. The third-order valence-electron chi connectivity index (χ3n) is 2.85. The van der Waals surface area contributed by atoms with Gasteiger partial charge in [0.25, 0.3) is 0 Å². The first kappa shape index (κ1) is 16.1. The van der Waals surface area contributed by atoms with E-state index in [-0.39, 0.29) is 18.7 Å². The Balaban J connectivity index is 2.26. The predicted molar refractivity (Wildman–Crippen MR) is 70.3 cm³/mol. The number of alkyl carbamates (subject to hydrolysis) is 1. The standard InChI is InChI=1S/C12H21N3O5/c1-3-19-11(17)14-10(16)13-9-5-7-15(8-6-9)12(18)20-4-2/h9H,3-8H2,1-2H3,(H2,13,14,16,17). The number of hydrogen-bond donors (Lipinski definition) is 2. The lowest BCUT2D eigenvalue weighted by Gasteiger charge is -2.31. The maximum atomic E-state index is 11.5. The van der Waals surface area contributed by atoms with Crippen LogP contribution in [0.3, 0.4) is 0 Å². The summed E-state index contributed by atoms with van der Waals surface area (Å²) in [6.45, 7) is 5.00. The smallest absolute Gasteiger partial charge is 0.415 e. The summed E-state index contributed by atoms with van der Waals surface area (Å²) in [6, 6.07) is -0.659. The lowest BCUT2D eigenvalue weighted by molar-refractivity contribution is 0.0957. The third-order valence-corrected chi connectivity index (χ3v) is 2.85. The van der Waals surface area contributed by atoms with E-state index in [1.807, 2.05) is 0 Å². The molecule has 8 nitrogen and oxygen atoms in total. The van der Waals surface area contributed by atoms with E-state index in [4.69, 9.17) is 4.74 Å². The van der Waals surface area contributed by atoms with Gasteiger partial charge in [-0.05, 0) is 26.7 Å². The molecule has 0 aromatic carbocycles. The van der Waals surface area contributed by atoms with E-state index in [2.05, 4.69) is 15.4 Å². The minimum absolute atomic E-state index is 0.0740. The zero-order valence-corrected chi connectivity index (χ0v) is 11.8. The zero-order valence-electron chi connectivity index (χ0n) is 11.8. The van der Waals surface area contributed by atoms with Crippen molar-refractivity contribution in [3.05, 3.63) is 0 Å². The highest BCUT2D eigenvalue weighted by molar-refractivity contribution is 5.90. The Kier molecular flexibility index (Phi) is 6.61. The van der Waals surface area contributed by atoms with Gasteiger partial charge in [-0.1, -0.05) is 0 Å². The summed E-state index contributed by atoms with van der Waals surface area (Å²) < 4.78 is 9.50. The third kappa shape index (κ3) is 5.33. The molecule has 4 amide bonds. The molecule has 1 saturated heterocycles. The highest BCUT2D eigenvalue weighted by Gasteiger charge is 2.24. The van der Waals surface area contributed by atoms with Crippen LogP contribution in [-0.4, -0.2) is 55.5 Å². The molecule has 0 spiro atoms. The van der Waals surface area contributed by atoms with E-state index in [1.165, 1.54) is 0 Å². The zero-order chi connectivity index (χ0) is 15.0. The first-order valence-electron chi connectivity index (χ1n) is 6.72. The van der Waals surface area contributed by atoms with E-state index in [1.54, 1.807) is 18.7 Å². The van der Waals surface area contributed by atoms with Crippen molar-refractivity contribution in [3.63, 3.8) is 0 Å². The van der Waals surface area contributed by atoms with Crippen molar-refractivity contribution >= 4 is 18.2 Å². The topological polar surface area (TPSA) is 97.0 Å². The number of hydrogen-bond acceptors (Lipinski definition) is 5. The van der Waals surface area contributed by atoms with Gasteiger partial charge in [0, 0.05) is 19.1 Å². The fraction of sp³-hybridized carbons (Fsp3) is 0.750. The molecule has 0 unspecified atom stereocenters. The Morgan fingerprint density at radius 1 is 1.10 bits per heavy atom. The molecule has 114 valence electrons. The number of carbonyl (C=O) groups excluding carboxylic acids is 3. The number of urea groups is 1. The van der Waals surface area contributed by atoms with E-state index in [9.17, 15) is 14.4 Å². The van der Waals surface area contributed by atoms with Crippen LogP contribution in [0.25, 0.3) is 0 Å². The molecular formula is C12H21N3O5. The van der Waals surface area contributed by atoms with Crippen molar-refractivity contribution in [1.29, 1.82) is 0 Å². The van der Waals surface area contributed by atoms with Gasteiger partial charge < -0.3 is 19.7 Å². The lowest BCUT2D eigenvalue weighted by atomic mass is 10.1. The van der Waals surface area contributed by atoms with Gasteiger partial charge in [-0.2, -0.15) is 0 Å². The molecule has 1 aliphatic rings. The van der Waals surface area contributed by atoms with Crippen LogP contribution in [0.5, 0.6) is 0 Å². The minimum Gasteiger partial charge on any atom is -0.450 e. The highest BCUT2D eigenvalue weighted by atomic mass is 16.6. The Morgan fingerprint density at radius 2 is 1.70 bits per heavy atom. The average Bonchev–Trinajstić information content (AvgIpc) is 2.39. The number of amides is 4. The fourth-order valence-corrected chi connectivity index (χ4v) is 1.90. The van der Waals surface area contributed by atoms with Crippen molar-refractivity contribution < 1.29 is 23.9 Å². The predicted octanol–water partition coefficient (Wildman–Crippen LogP) is 1.06. The number of rotatable bonds is 3. The van der Waals surface area contributed by atoms with Crippen LogP contribution in [0.2, 0.25) is 0 Å². The summed E-state index contributed by atoms with van der Waals surface area (Å²) >= 11 is 0. The molecular weight excluding hydrogens is 266 g/mol. The van der Waals surface area contributed by atoms with Crippen molar-refractivity contribution in [2.24, 2.45) is 0 Å². The monoisotopic (exact) mass is 287 g/mol. The van der Waals surface area contributed by atoms with Gasteiger partial charge in [0.05, 0.1) is 13.2 Å². The van der Waals surface area contributed by atoms with Crippen LogP contribution in [0.15, 0.2) is 0 Å². The van der Waals surface area contributed by atoms with Crippen molar-refractivity contribution in [3.8, 4) is 0 Å². The fourth-order valence-electron chi connectivity index (χ4n) is 1.90. The normalized spacial score (nSPS) is 15.4. The summed E-state index contributed by atoms with van der Waals surface area (Å²) in [6.07, 6.45) is 0.139. The molecule has 1 rings (SSSR count). The SMILES string of the molecule is CCOC(=O)NC(=O)NC1CCN(C(=O)OCC)CC1. The molecule has 1 fully saturated rings. The summed E-state index contributed by atoms with van der Waals surface area (Å²) in [4.78, 5) is 35.6. The van der Waals surface area contributed by atoms with E-state index in [0.717, 1.165) is 0 Å². The van der Waals surface area contributed by atoms with Gasteiger partial charge in [0.15, 0.2) is 0 Å². The van der Waals surface area contributed by atoms with Gasteiger partial charge in [0.2, 0.25) is 0 Å². The molecule has 1 aliphatic heterocycles. The van der Waals surface area contributed by atoms with Crippen LogP contribution < -0.4 is 10.6 Å². The molecule has 0 radical (unpaired) electrons. The van der Waals surface area contributed by atoms with Crippen LogP contribution >= 0.6 is 0 Å². The van der Waals surface area contributed by atoms with Crippen LogP contribution in [0.1, 0.15) is 26.7 Å². The van der Waals surface area contributed by atoms with Gasteiger partial charge >= 0.3 is 18.2 Å².